The molecular formula is C12H10FN3O3S. The normalized spacial score (nSPS) is 10.5. The highest BCUT2D eigenvalue weighted by molar-refractivity contribution is 7.98. The Balaban J connectivity index is 2.13. The number of aromatic amines is 1. The monoisotopic (exact) mass is 295 g/mol. The number of nitrogens with one attached hydrogen (secondary N) is 1. The molecule has 0 spiro atoms. The molecule has 2 aromatic rings. The average molecular weight is 295 g/mol. The molecule has 1 N–H and O–H groups in total. The van der Waals surface area contributed by atoms with E-state index >= 15 is 0 Å². The molecule has 1 aromatic carbocycles. The molecule has 0 atom stereocenters. The van der Waals surface area contributed by atoms with E-state index in [9.17, 15) is 19.3 Å². The third-order valence-electron chi connectivity index (χ3n) is 2.43. The van der Waals surface area contributed by atoms with Crippen molar-refractivity contribution in [1.82, 2.24) is 9.97 Å². The predicted molar refractivity (Wildman–Crippen MR) is 72.2 cm³/mol. The first-order valence-electron chi connectivity index (χ1n) is 5.59. The molecule has 0 unspecified atom stereocenters. The lowest BCUT2D eigenvalue weighted by atomic mass is 10.2. The standard InChI is InChI=1S/C12H10FN3O3S/c1-7-4-11(17)15-12(14-7)20-6-8-2-3-10(16(18)19)9(13)5-8/h2-5H,6H2,1H3,(H,14,15,17). The maximum atomic E-state index is 13.4. The van der Waals surface area contributed by atoms with E-state index in [4.69, 9.17) is 0 Å². The van der Waals surface area contributed by atoms with Crippen molar-refractivity contribution in [2.45, 2.75) is 17.8 Å². The van der Waals surface area contributed by atoms with Crippen molar-refractivity contribution >= 4 is 17.4 Å². The van der Waals surface area contributed by atoms with Crippen molar-refractivity contribution in [3.63, 3.8) is 0 Å². The molecule has 0 amide bonds. The molecule has 0 aliphatic rings. The molecule has 0 radical (unpaired) electrons. The van der Waals surface area contributed by atoms with E-state index < -0.39 is 16.4 Å². The van der Waals surface area contributed by atoms with E-state index in [-0.39, 0.29) is 5.56 Å². The second-order valence-electron chi connectivity index (χ2n) is 4.02. The van der Waals surface area contributed by atoms with Crippen molar-refractivity contribution in [1.29, 1.82) is 0 Å². The SMILES string of the molecule is Cc1cc(=O)[nH]c(SCc2ccc([N+](=O)[O-])c(F)c2)n1. The molecule has 6 nitrogen and oxygen atoms in total. The highest BCUT2D eigenvalue weighted by Gasteiger charge is 2.13. The molecule has 20 heavy (non-hydrogen) atoms. The zero-order valence-electron chi connectivity index (χ0n) is 10.4. The van der Waals surface area contributed by atoms with E-state index in [1.54, 1.807) is 6.92 Å². The first-order chi connectivity index (χ1) is 9.45. The second-order valence-corrected chi connectivity index (χ2v) is 4.99. The molecule has 2 rings (SSSR count). The Morgan fingerprint density at radius 2 is 2.20 bits per heavy atom. The molecule has 1 heterocycles. The first-order valence-corrected chi connectivity index (χ1v) is 6.58. The van der Waals surface area contributed by atoms with Crippen LogP contribution in [0.3, 0.4) is 0 Å². The number of halogens is 1. The molecule has 1 aromatic heterocycles. The van der Waals surface area contributed by atoms with Gasteiger partial charge in [-0.25, -0.2) is 4.98 Å². The average Bonchev–Trinajstić information content (AvgIpc) is 2.35. The summed E-state index contributed by atoms with van der Waals surface area (Å²) in [5.74, 6) is -0.528. The topological polar surface area (TPSA) is 88.9 Å². The van der Waals surface area contributed by atoms with E-state index in [2.05, 4.69) is 9.97 Å². The number of aryl methyl sites for hydroxylation is 1. The Kier molecular flexibility index (Phi) is 4.14. The van der Waals surface area contributed by atoms with Crippen molar-refractivity contribution in [2.75, 3.05) is 0 Å². The minimum absolute atomic E-state index is 0.255. The number of hydrogen-bond acceptors (Lipinski definition) is 5. The fourth-order valence-electron chi connectivity index (χ4n) is 1.56. The maximum absolute atomic E-state index is 13.4. The van der Waals surface area contributed by atoms with Gasteiger partial charge in [-0.2, -0.15) is 4.39 Å². The second kappa shape index (κ2) is 5.83. The molecule has 0 fully saturated rings. The van der Waals surface area contributed by atoms with Crippen LogP contribution in [0, 0.1) is 22.9 Å². The lowest BCUT2D eigenvalue weighted by Gasteiger charge is -2.02. The van der Waals surface area contributed by atoms with Crippen LogP contribution in [-0.4, -0.2) is 14.9 Å². The third kappa shape index (κ3) is 3.41. The lowest BCUT2D eigenvalue weighted by molar-refractivity contribution is -0.387. The van der Waals surface area contributed by atoms with Gasteiger partial charge in [0.05, 0.1) is 4.92 Å². The Bertz CT molecular complexity index is 717. The van der Waals surface area contributed by atoms with Gasteiger partial charge in [0.15, 0.2) is 5.16 Å². The van der Waals surface area contributed by atoms with E-state index in [0.717, 1.165) is 12.1 Å². The quantitative estimate of drug-likeness (QED) is 0.405. The van der Waals surface area contributed by atoms with Crippen LogP contribution in [0.25, 0.3) is 0 Å². The van der Waals surface area contributed by atoms with Crippen LogP contribution in [0.4, 0.5) is 10.1 Å². The number of H-pyrrole nitrogens is 1. The van der Waals surface area contributed by atoms with Crippen LogP contribution in [-0.2, 0) is 5.75 Å². The lowest BCUT2D eigenvalue weighted by Crippen LogP contribution is -2.08. The molecule has 0 saturated carbocycles. The summed E-state index contributed by atoms with van der Waals surface area (Å²) in [4.78, 5) is 27.7. The fraction of sp³-hybridized carbons (Fsp3) is 0.167. The zero-order valence-corrected chi connectivity index (χ0v) is 11.2. The van der Waals surface area contributed by atoms with Gasteiger partial charge < -0.3 is 4.98 Å². The smallest absolute Gasteiger partial charge is 0.301 e. The number of hydrogen-bond donors (Lipinski definition) is 1. The van der Waals surface area contributed by atoms with Gasteiger partial charge in [-0.3, -0.25) is 14.9 Å². The van der Waals surface area contributed by atoms with Crippen LogP contribution in [0.1, 0.15) is 11.3 Å². The number of nitro benzene ring substituents is 1. The summed E-state index contributed by atoms with van der Waals surface area (Å²) in [6.07, 6.45) is 0. The molecule has 0 aliphatic heterocycles. The van der Waals surface area contributed by atoms with Crippen molar-refractivity contribution < 1.29 is 9.31 Å². The predicted octanol–water partition coefficient (Wildman–Crippen LogP) is 2.42. The molecule has 104 valence electrons. The zero-order chi connectivity index (χ0) is 14.7. The molecule has 0 bridgehead atoms. The van der Waals surface area contributed by atoms with Crippen LogP contribution >= 0.6 is 11.8 Å². The van der Waals surface area contributed by atoms with Gasteiger partial charge >= 0.3 is 5.69 Å². The summed E-state index contributed by atoms with van der Waals surface area (Å²) in [7, 11) is 0. The summed E-state index contributed by atoms with van der Waals surface area (Å²) < 4.78 is 13.4. The van der Waals surface area contributed by atoms with Gasteiger partial charge in [0.1, 0.15) is 0 Å². The number of thioether (sulfide) groups is 1. The van der Waals surface area contributed by atoms with Crippen molar-refractivity contribution in [2.24, 2.45) is 0 Å². The van der Waals surface area contributed by atoms with Gasteiger partial charge in [0.25, 0.3) is 5.56 Å². The highest BCUT2D eigenvalue weighted by Crippen LogP contribution is 2.23. The van der Waals surface area contributed by atoms with Gasteiger partial charge in [-0.15, -0.1) is 0 Å². The van der Waals surface area contributed by atoms with E-state index in [1.165, 1.54) is 23.9 Å². The Labute approximate surface area is 117 Å². The number of nitrogens with zero attached hydrogens (tertiary/aromatic N) is 2. The van der Waals surface area contributed by atoms with Gasteiger partial charge in [0, 0.05) is 23.6 Å². The highest BCUT2D eigenvalue weighted by atomic mass is 32.2. The summed E-state index contributed by atoms with van der Waals surface area (Å²) in [6.45, 7) is 1.70. The van der Waals surface area contributed by atoms with Gasteiger partial charge in [-0.1, -0.05) is 17.8 Å². The first kappa shape index (κ1) is 14.2. The summed E-state index contributed by atoms with van der Waals surface area (Å²) in [5.41, 5.74) is 0.351. The minimum atomic E-state index is -0.876. The Hall–Kier alpha value is -2.22. The molecule has 8 heteroatoms. The molecule has 0 aliphatic carbocycles. The van der Waals surface area contributed by atoms with Crippen LogP contribution < -0.4 is 5.56 Å². The third-order valence-corrected chi connectivity index (χ3v) is 3.38. The number of rotatable bonds is 4. The maximum Gasteiger partial charge on any atom is 0.304 e. The van der Waals surface area contributed by atoms with E-state index in [1.807, 2.05) is 0 Å². The number of benzene rings is 1. The number of nitro groups is 1. The van der Waals surface area contributed by atoms with Crippen molar-refractivity contribution in [3.8, 4) is 0 Å². The summed E-state index contributed by atoms with van der Waals surface area (Å²) in [5, 5.41) is 10.9. The summed E-state index contributed by atoms with van der Waals surface area (Å²) in [6, 6.07) is 5.08. The fourth-order valence-corrected chi connectivity index (χ4v) is 2.42. The Morgan fingerprint density at radius 3 is 2.80 bits per heavy atom. The van der Waals surface area contributed by atoms with E-state index in [0.29, 0.717) is 22.2 Å². The van der Waals surface area contributed by atoms with Crippen LogP contribution in [0.15, 0.2) is 34.2 Å². The van der Waals surface area contributed by atoms with Gasteiger partial charge in [-0.05, 0) is 18.6 Å². The van der Waals surface area contributed by atoms with Gasteiger partial charge in [0.2, 0.25) is 5.82 Å². The largest absolute Gasteiger partial charge is 0.304 e. The Morgan fingerprint density at radius 1 is 1.45 bits per heavy atom. The molecular weight excluding hydrogens is 285 g/mol. The number of aromatic nitrogens is 2. The molecule has 0 saturated heterocycles. The minimum Gasteiger partial charge on any atom is -0.301 e. The van der Waals surface area contributed by atoms with Crippen molar-refractivity contribution in [3.05, 3.63) is 61.8 Å². The summed E-state index contributed by atoms with van der Waals surface area (Å²) >= 11 is 1.22. The van der Waals surface area contributed by atoms with Crippen LogP contribution in [0.5, 0.6) is 0 Å². The van der Waals surface area contributed by atoms with Crippen LogP contribution in [0.2, 0.25) is 0 Å².